The number of hydrogen-bond acceptors (Lipinski definition) is 7. The van der Waals surface area contributed by atoms with Crippen LogP contribution in [0.15, 0.2) is 11.4 Å². The fourth-order valence-electron chi connectivity index (χ4n) is 5.18. The smallest absolute Gasteiger partial charge is 0.417 e. The van der Waals surface area contributed by atoms with Crippen LogP contribution >= 0.6 is 11.3 Å². The number of nitrogens with one attached hydrogen (secondary N) is 1. The van der Waals surface area contributed by atoms with Crippen LogP contribution in [0.2, 0.25) is 0 Å². The fourth-order valence-corrected chi connectivity index (χ4v) is 6.21. The second-order valence-corrected chi connectivity index (χ2v) is 10.2. The summed E-state index contributed by atoms with van der Waals surface area (Å²) >= 11 is 0.864. The van der Waals surface area contributed by atoms with Gasteiger partial charge in [0.1, 0.15) is 11.9 Å². The van der Waals surface area contributed by atoms with E-state index in [1.165, 1.54) is 12.4 Å². The molecule has 3 aliphatic rings. The van der Waals surface area contributed by atoms with Crippen LogP contribution in [0.1, 0.15) is 35.2 Å². The number of alkyl halides is 3. The molecule has 0 radical (unpaired) electrons. The fraction of sp³-hybridized carbons (Fsp3) is 0.591. The van der Waals surface area contributed by atoms with Gasteiger partial charge in [-0.25, -0.2) is 9.78 Å². The van der Waals surface area contributed by atoms with Gasteiger partial charge in [-0.2, -0.15) is 13.2 Å². The molecule has 2 aromatic heterocycles. The van der Waals surface area contributed by atoms with Crippen molar-refractivity contribution in [3.63, 3.8) is 0 Å². The van der Waals surface area contributed by atoms with Crippen molar-refractivity contribution in [1.82, 2.24) is 20.1 Å². The highest BCUT2D eigenvalue weighted by Gasteiger charge is 2.55. The van der Waals surface area contributed by atoms with E-state index in [2.05, 4.69) is 15.2 Å². The van der Waals surface area contributed by atoms with E-state index in [9.17, 15) is 22.8 Å². The van der Waals surface area contributed by atoms with Crippen LogP contribution < -0.4 is 10.2 Å². The molecule has 0 aromatic carbocycles. The normalized spacial score (nSPS) is 20.9. The van der Waals surface area contributed by atoms with Crippen molar-refractivity contribution in [1.29, 1.82) is 0 Å². The molecular weight excluding hydrogens is 471 g/mol. The lowest BCUT2D eigenvalue weighted by molar-refractivity contribution is -0.136. The number of anilines is 1. The van der Waals surface area contributed by atoms with Crippen LogP contribution in [0, 0.1) is 0 Å². The van der Waals surface area contributed by atoms with E-state index in [0.29, 0.717) is 32.5 Å². The predicted octanol–water partition coefficient (Wildman–Crippen LogP) is 3.17. The molecule has 0 aliphatic carbocycles. The molecule has 1 spiro atoms. The summed E-state index contributed by atoms with van der Waals surface area (Å²) < 4.78 is 47.1. The molecule has 0 unspecified atom stereocenters. The summed E-state index contributed by atoms with van der Waals surface area (Å²) in [5.74, 6) is -0.302. The van der Waals surface area contributed by atoms with E-state index in [4.69, 9.17) is 4.74 Å². The minimum absolute atomic E-state index is 0.0521. The minimum atomic E-state index is -4.57. The van der Waals surface area contributed by atoms with Gasteiger partial charge in [-0.15, -0.1) is 11.3 Å². The number of pyridine rings is 1. The molecule has 34 heavy (non-hydrogen) atoms. The quantitative estimate of drug-likeness (QED) is 0.702. The van der Waals surface area contributed by atoms with Crippen molar-refractivity contribution >= 4 is 39.4 Å². The molecule has 2 amide bonds. The number of amides is 2. The van der Waals surface area contributed by atoms with Crippen LogP contribution in [-0.4, -0.2) is 85.2 Å². The van der Waals surface area contributed by atoms with Gasteiger partial charge in [0.05, 0.1) is 26.9 Å². The number of nitrogens with zero attached hydrogens (tertiary/aromatic N) is 4. The second-order valence-electron chi connectivity index (χ2n) is 9.30. The molecule has 0 bridgehead atoms. The predicted molar refractivity (Wildman–Crippen MR) is 121 cm³/mol. The molecular formula is C22H26F3N5O3S. The largest absolute Gasteiger partial charge is 0.446 e. The number of piperidine rings is 1. The van der Waals surface area contributed by atoms with Crippen LogP contribution in [-0.2, 0) is 10.9 Å². The number of aromatic nitrogens is 1. The topological polar surface area (TPSA) is 78.0 Å². The summed E-state index contributed by atoms with van der Waals surface area (Å²) in [5.41, 5.74) is -0.696. The van der Waals surface area contributed by atoms with E-state index in [1.54, 1.807) is 9.80 Å². The molecule has 3 saturated heterocycles. The third-order valence-electron chi connectivity index (χ3n) is 7.04. The van der Waals surface area contributed by atoms with Gasteiger partial charge in [0.25, 0.3) is 5.91 Å². The number of ether oxygens (including phenoxy) is 1. The number of fused-ring (bicyclic) bond motifs is 1. The maximum absolute atomic E-state index is 13.8. The van der Waals surface area contributed by atoms with E-state index in [0.717, 1.165) is 36.9 Å². The van der Waals surface area contributed by atoms with Gasteiger partial charge in [-0.1, -0.05) is 0 Å². The van der Waals surface area contributed by atoms with Crippen molar-refractivity contribution in [3.8, 4) is 0 Å². The monoisotopic (exact) mass is 497 g/mol. The van der Waals surface area contributed by atoms with Crippen LogP contribution in [0.3, 0.4) is 0 Å². The van der Waals surface area contributed by atoms with Crippen molar-refractivity contribution in [3.05, 3.63) is 22.6 Å². The average molecular weight is 498 g/mol. The molecule has 12 heteroatoms. The first kappa shape index (κ1) is 23.2. The lowest BCUT2D eigenvalue weighted by Crippen LogP contribution is -2.77. The van der Waals surface area contributed by atoms with Crippen LogP contribution in [0.5, 0.6) is 0 Å². The molecule has 5 heterocycles. The van der Waals surface area contributed by atoms with Crippen molar-refractivity contribution < 1.29 is 27.5 Å². The number of thiophene rings is 1. The number of rotatable bonds is 3. The molecule has 0 atom stereocenters. The van der Waals surface area contributed by atoms with Gasteiger partial charge < -0.3 is 19.9 Å². The Kier molecular flexibility index (Phi) is 5.63. The summed E-state index contributed by atoms with van der Waals surface area (Å²) in [4.78, 5) is 35.0. The molecule has 0 saturated carbocycles. The highest BCUT2D eigenvalue weighted by molar-refractivity contribution is 7.17. The Hall–Kier alpha value is -2.60. The highest BCUT2D eigenvalue weighted by atomic mass is 32.1. The van der Waals surface area contributed by atoms with Gasteiger partial charge in [0.2, 0.25) is 0 Å². The first-order chi connectivity index (χ1) is 16.1. The van der Waals surface area contributed by atoms with E-state index < -0.39 is 17.6 Å². The molecule has 5 rings (SSSR count). The summed E-state index contributed by atoms with van der Waals surface area (Å²) in [7, 11) is 3.45. The maximum Gasteiger partial charge on any atom is 0.417 e. The van der Waals surface area contributed by atoms with Crippen molar-refractivity contribution in [2.75, 3.05) is 51.7 Å². The summed E-state index contributed by atoms with van der Waals surface area (Å²) in [6.45, 7) is 3.22. The van der Waals surface area contributed by atoms with Gasteiger partial charge >= 0.3 is 12.3 Å². The zero-order valence-corrected chi connectivity index (χ0v) is 19.8. The lowest BCUT2D eigenvalue weighted by atomic mass is 9.78. The SMILES string of the molecule is CNC(=O)c1csc2c(C(F)(F)F)cc(N3CCC(OC(=O)N4CCC45CN(C)C5)CC3)nc12. The zero-order valence-electron chi connectivity index (χ0n) is 18.9. The number of carbonyl (C=O) groups is 2. The molecule has 3 fully saturated rings. The maximum atomic E-state index is 13.8. The molecule has 2 aromatic rings. The first-order valence-corrected chi connectivity index (χ1v) is 12.1. The van der Waals surface area contributed by atoms with Crippen molar-refractivity contribution in [2.45, 2.75) is 37.1 Å². The lowest BCUT2D eigenvalue weighted by Gasteiger charge is -2.61. The van der Waals surface area contributed by atoms with Crippen LogP contribution in [0.25, 0.3) is 10.2 Å². The number of hydrogen-bond donors (Lipinski definition) is 1. The van der Waals surface area contributed by atoms with Crippen molar-refractivity contribution in [2.24, 2.45) is 0 Å². The van der Waals surface area contributed by atoms with E-state index >= 15 is 0 Å². The second kappa shape index (κ2) is 8.26. The number of likely N-dealkylation sites (N-methyl/N-ethyl adjacent to an activating group) is 1. The van der Waals surface area contributed by atoms with E-state index in [1.807, 2.05) is 7.05 Å². The molecule has 3 aliphatic heterocycles. The Labute approximate surface area is 198 Å². The number of carbonyl (C=O) groups excluding carboxylic acids is 2. The minimum Gasteiger partial charge on any atom is -0.446 e. The van der Waals surface area contributed by atoms with Gasteiger partial charge in [-0.05, 0) is 19.5 Å². The Morgan fingerprint density at radius 3 is 2.50 bits per heavy atom. The zero-order chi connectivity index (χ0) is 24.3. The summed E-state index contributed by atoms with van der Waals surface area (Å²) in [5, 5.41) is 3.86. The summed E-state index contributed by atoms with van der Waals surface area (Å²) in [6.07, 6.45) is -3.17. The van der Waals surface area contributed by atoms with Gasteiger partial charge in [0.15, 0.2) is 0 Å². The Balaban J connectivity index is 1.30. The van der Waals surface area contributed by atoms with Gasteiger partial charge in [-0.3, -0.25) is 9.69 Å². The third kappa shape index (κ3) is 3.86. The summed E-state index contributed by atoms with van der Waals surface area (Å²) in [6, 6.07) is 1.05. The Morgan fingerprint density at radius 2 is 1.94 bits per heavy atom. The standard InChI is InChI=1S/C22H26F3N5O3S/c1-26-19(31)14-10-34-18-15(22(23,24)25)9-16(27-17(14)18)29-6-3-13(4-7-29)33-20(32)30-8-5-21(30)11-28(2)12-21/h9-10,13H,3-8,11-12H2,1-2H3,(H,26,31). The van der Waals surface area contributed by atoms with Crippen LogP contribution in [0.4, 0.5) is 23.8 Å². The highest BCUT2D eigenvalue weighted by Crippen LogP contribution is 2.41. The molecule has 8 nitrogen and oxygen atoms in total. The van der Waals surface area contributed by atoms with E-state index in [-0.39, 0.29) is 39.3 Å². The third-order valence-corrected chi connectivity index (χ3v) is 8.04. The van der Waals surface area contributed by atoms with Gasteiger partial charge in [0, 0.05) is 58.0 Å². The Bertz CT molecular complexity index is 1120. The number of likely N-dealkylation sites (tertiary alicyclic amines) is 2. The number of halogens is 3. The molecule has 1 N–H and O–H groups in total. The molecule has 184 valence electrons. The Morgan fingerprint density at radius 1 is 1.24 bits per heavy atom. The average Bonchev–Trinajstić information content (AvgIpc) is 3.18. The first-order valence-electron chi connectivity index (χ1n) is 11.2.